The van der Waals surface area contributed by atoms with Crippen LogP contribution in [0, 0.1) is 19.7 Å². The molecule has 0 fully saturated rings. The van der Waals surface area contributed by atoms with Crippen LogP contribution in [0.2, 0.25) is 0 Å². The Bertz CT molecular complexity index is 640. The second-order valence-electron chi connectivity index (χ2n) is 4.49. The highest BCUT2D eigenvalue weighted by Crippen LogP contribution is 2.25. The Labute approximate surface area is 120 Å². The summed E-state index contributed by atoms with van der Waals surface area (Å²) in [5.41, 5.74) is 2.43. The third-order valence-corrected chi connectivity index (χ3v) is 3.94. The third-order valence-electron chi connectivity index (χ3n) is 2.87. The van der Waals surface area contributed by atoms with Gasteiger partial charge >= 0.3 is 0 Å². The number of anilines is 1. The van der Waals surface area contributed by atoms with Gasteiger partial charge in [0.15, 0.2) is 5.13 Å². The number of aryl methyl sites for hydroxylation is 2. The average molecular weight is 294 g/mol. The van der Waals surface area contributed by atoms with Crippen LogP contribution in [-0.2, 0) is 11.2 Å². The molecule has 0 spiro atoms. The molecule has 6 heteroatoms. The van der Waals surface area contributed by atoms with Crippen molar-refractivity contribution in [1.82, 2.24) is 4.98 Å². The predicted molar refractivity (Wildman–Crippen MR) is 76.5 cm³/mol. The maximum atomic E-state index is 13.2. The van der Waals surface area contributed by atoms with Crippen molar-refractivity contribution in [2.24, 2.45) is 0 Å². The van der Waals surface area contributed by atoms with Gasteiger partial charge in [0.2, 0.25) is 0 Å². The lowest BCUT2D eigenvalue weighted by Gasteiger charge is -2.02. The number of aromatic nitrogens is 1. The van der Waals surface area contributed by atoms with Crippen molar-refractivity contribution in [2.75, 3.05) is 11.9 Å². The number of aliphatic hydroxyl groups excluding tert-OH is 1. The van der Waals surface area contributed by atoms with Gasteiger partial charge < -0.3 is 5.11 Å². The molecule has 2 N–H and O–H groups in total. The van der Waals surface area contributed by atoms with E-state index in [1.807, 2.05) is 6.92 Å². The number of thiazole rings is 1. The molecule has 2 rings (SSSR count). The van der Waals surface area contributed by atoms with Gasteiger partial charge in [-0.15, -0.1) is 11.3 Å². The van der Waals surface area contributed by atoms with Gasteiger partial charge in [-0.3, -0.25) is 10.1 Å². The van der Waals surface area contributed by atoms with Crippen LogP contribution in [0.1, 0.15) is 21.7 Å². The fourth-order valence-electron chi connectivity index (χ4n) is 1.81. The molecule has 1 amide bonds. The highest BCUT2D eigenvalue weighted by Gasteiger charge is 2.11. The van der Waals surface area contributed by atoms with Gasteiger partial charge in [0.05, 0.1) is 5.69 Å². The van der Waals surface area contributed by atoms with E-state index in [0.717, 1.165) is 16.1 Å². The van der Waals surface area contributed by atoms with E-state index < -0.39 is 12.5 Å². The van der Waals surface area contributed by atoms with Crippen molar-refractivity contribution in [1.29, 1.82) is 0 Å². The maximum absolute atomic E-state index is 13.2. The number of benzene rings is 1. The second-order valence-corrected chi connectivity index (χ2v) is 5.58. The minimum absolute atomic E-state index is 0.217. The average Bonchev–Trinajstić information content (AvgIpc) is 2.74. The van der Waals surface area contributed by atoms with Gasteiger partial charge in [-0.1, -0.05) is 12.1 Å². The number of carbonyl (C=O) groups excluding carboxylic acids is 1. The number of aliphatic hydroxyl groups is 1. The molecule has 4 nitrogen and oxygen atoms in total. The lowest BCUT2D eigenvalue weighted by atomic mass is 10.1. The number of rotatable bonds is 4. The topological polar surface area (TPSA) is 62.2 Å². The van der Waals surface area contributed by atoms with Crippen LogP contribution in [0.25, 0.3) is 0 Å². The van der Waals surface area contributed by atoms with E-state index in [4.69, 9.17) is 5.11 Å². The van der Waals surface area contributed by atoms with E-state index in [-0.39, 0.29) is 5.82 Å². The zero-order chi connectivity index (χ0) is 14.7. The van der Waals surface area contributed by atoms with Gasteiger partial charge in [-0.25, -0.2) is 9.37 Å². The van der Waals surface area contributed by atoms with Crippen molar-refractivity contribution in [3.63, 3.8) is 0 Å². The molecule has 0 atom stereocenters. The molecule has 0 aliphatic heterocycles. The molecule has 1 aromatic heterocycles. The number of nitrogens with zero attached hydrogens (tertiary/aromatic N) is 1. The number of halogens is 1. The molecule has 1 aromatic carbocycles. The van der Waals surface area contributed by atoms with Gasteiger partial charge in [-0.2, -0.15) is 0 Å². The van der Waals surface area contributed by atoms with Crippen molar-refractivity contribution < 1.29 is 14.3 Å². The molecule has 0 radical (unpaired) electrons. The molecule has 0 unspecified atom stereocenters. The van der Waals surface area contributed by atoms with Gasteiger partial charge in [0.1, 0.15) is 12.4 Å². The minimum atomic E-state index is -0.564. The summed E-state index contributed by atoms with van der Waals surface area (Å²) < 4.78 is 13.2. The fraction of sp³-hybridized carbons (Fsp3) is 0.286. The first-order valence-corrected chi connectivity index (χ1v) is 6.93. The van der Waals surface area contributed by atoms with Crippen LogP contribution in [0.3, 0.4) is 0 Å². The van der Waals surface area contributed by atoms with Crippen molar-refractivity contribution in [3.05, 3.63) is 45.7 Å². The van der Waals surface area contributed by atoms with E-state index in [1.54, 1.807) is 19.1 Å². The zero-order valence-corrected chi connectivity index (χ0v) is 12.1. The molecule has 0 saturated carbocycles. The summed E-state index contributed by atoms with van der Waals surface area (Å²) in [6.07, 6.45) is 0.639. The fourth-order valence-corrected chi connectivity index (χ4v) is 2.82. The standard InChI is InChI=1S/C14H15FN2O2S/c1-8-5-10(3-4-11(8)15)6-12-9(2)16-14(20-12)17-13(19)7-18/h3-5,18H,6-7H2,1-2H3,(H,16,17,19). The van der Waals surface area contributed by atoms with Gasteiger partial charge in [0, 0.05) is 11.3 Å². The molecular formula is C14H15FN2O2S. The summed E-state index contributed by atoms with van der Waals surface area (Å²) in [6.45, 7) is 3.02. The molecular weight excluding hydrogens is 279 g/mol. The number of hydrogen-bond acceptors (Lipinski definition) is 4. The molecule has 0 aliphatic rings. The normalized spacial score (nSPS) is 10.6. The smallest absolute Gasteiger partial charge is 0.251 e. The predicted octanol–water partition coefficient (Wildman–Crippen LogP) is 2.42. The quantitative estimate of drug-likeness (QED) is 0.910. The first kappa shape index (κ1) is 14.6. The summed E-state index contributed by atoms with van der Waals surface area (Å²) in [5.74, 6) is -0.700. The van der Waals surface area contributed by atoms with Crippen molar-refractivity contribution >= 4 is 22.4 Å². The van der Waals surface area contributed by atoms with E-state index in [0.29, 0.717) is 17.1 Å². The van der Waals surface area contributed by atoms with Gasteiger partial charge in [-0.05, 0) is 31.0 Å². The van der Waals surface area contributed by atoms with Crippen molar-refractivity contribution in [2.45, 2.75) is 20.3 Å². The third kappa shape index (κ3) is 3.40. The first-order valence-electron chi connectivity index (χ1n) is 6.11. The Morgan fingerprint density at radius 2 is 2.20 bits per heavy atom. The van der Waals surface area contributed by atoms with E-state index in [9.17, 15) is 9.18 Å². The number of amides is 1. The monoisotopic (exact) mass is 294 g/mol. The molecule has 1 heterocycles. The number of nitrogens with one attached hydrogen (secondary N) is 1. The minimum Gasteiger partial charge on any atom is -0.387 e. The second kappa shape index (κ2) is 6.11. The lowest BCUT2D eigenvalue weighted by Crippen LogP contribution is -2.15. The summed E-state index contributed by atoms with van der Waals surface area (Å²) in [4.78, 5) is 16.3. The van der Waals surface area contributed by atoms with Crippen LogP contribution >= 0.6 is 11.3 Å². The summed E-state index contributed by atoms with van der Waals surface area (Å²) in [5, 5.41) is 11.7. The SMILES string of the molecule is Cc1cc(Cc2sc(NC(=O)CO)nc2C)ccc1F. The summed E-state index contributed by atoms with van der Waals surface area (Å²) in [7, 11) is 0. The zero-order valence-electron chi connectivity index (χ0n) is 11.2. The summed E-state index contributed by atoms with van der Waals surface area (Å²) in [6, 6.07) is 5.00. The molecule has 2 aromatic rings. The Morgan fingerprint density at radius 3 is 2.85 bits per heavy atom. The maximum Gasteiger partial charge on any atom is 0.251 e. The van der Waals surface area contributed by atoms with E-state index in [2.05, 4.69) is 10.3 Å². The molecule has 0 bridgehead atoms. The lowest BCUT2D eigenvalue weighted by molar-refractivity contribution is -0.118. The van der Waals surface area contributed by atoms with Crippen LogP contribution in [0.15, 0.2) is 18.2 Å². The molecule has 0 saturated heterocycles. The van der Waals surface area contributed by atoms with Crippen LogP contribution in [0.5, 0.6) is 0 Å². The first-order chi connectivity index (χ1) is 9.49. The van der Waals surface area contributed by atoms with E-state index >= 15 is 0 Å². The Hall–Kier alpha value is -1.79. The Kier molecular flexibility index (Phi) is 4.46. The summed E-state index contributed by atoms with van der Waals surface area (Å²) >= 11 is 1.36. The Morgan fingerprint density at radius 1 is 1.45 bits per heavy atom. The Balaban J connectivity index is 2.16. The number of hydrogen-bond donors (Lipinski definition) is 2. The van der Waals surface area contributed by atoms with Crippen molar-refractivity contribution in [3.8, 4) is 0 Å². The van der Waals surface area contributed by atoms with Gasteiger partial charge in [0.25, 0.3) is 5.91 Å². The molecule has 20 heavy (non-hydrogen) atoms. The number of carbonyl (C=O) groups is 1. The molecule has 106 valence electrons. The van der Waals surface area contributed by atoms with Crippen LogP contribution in [-0.4, -0.2) is 22.6 Å². The highest BCUT2D eigenvalue weighted by atomic mass is 32.1. The highest BCUT2D eigenvalue weighted by molar-refractivity contribution is 7.15. The van der Waals surface area contributed by atoms with E-state index in [1.165, 1.54) is 17.4 Å². The largest absolute Gasteiger partial charge is 0.387 e. The molecule has 0 aliphatic carbocycles. The van der Waals surface area contributed by atoms with Crippen LogP contribution in [0.4, 0.5) is 9.52 Å². The van der Waals surface area contributed by atoms with Crippen LogP contribution < -0.4 is 5.32 Å².